The molecule has 0 radical (unpaired) electrons. The predicted octanol–water partition coefficient (Wildman–Crippen LogP) is 7.35. The van der Waals surface area contributed by atoms with Crippen molar-refractivity contribution in [2.75, 3.05) is 0 Å². The molecule has 2 fully saturated rings. The molecule has 2 aromatic rings. The summed E-state index contributed by atoms with van der Waals surface area (Å²) in [5, 5.41) is 13.9. The predicted molar refractivity (Wildman–Crippen MR) is 162 cm³/mol. The highest BCUT2D eigenvalue weighted by atomic mass is 19.4. The number of nitrogens with zero attached hydrogens (tertiary/aromatic N) is 4. The number of halogens is 5. The van der Waals surface area contributed by atoms with E-state index < -0.39 is 48.8 Å². The van der Waals surface area contributed by atoms with Crippen LogP contribution in [0.15, 0.2) is 21.4 Å². The molecule has 0 unspecified atom stereocenters. The summed E-state index contributed by atoms with van der Waals surface area (Å²) in [6.45, 7) is 11.0. The van der Waals surface area contributed by atoms with Crippen molar-refractivity contribution >= 4 is 24.6 Å². The van der Waals surface area contributed by atoms with Crippen LogP contribution in [0.1, 0.15) is 131 Å². The van der Waals surface area contributed by atoms with Gasteiger partial charge < -0.3 is 15.2 Å². The lowest BCUT2D eigenvalue weighted by Gasteiger charge is -2.35. The van der Waals surface area contributed by atoms with Crippen LogP contribution in [-0.4, -0.2) is 51.5 Å². The second-order valence-electron chi connectivity index (χ2n) is 12.8. The number of nitrogens with one attached hydrogen (secondary N) is 2. The fraction of sp³-hybridized carbons (Fsp3) is 0.656. The zero-order valence-electron chi connectivity index (χ0n) is 26.7. The SMILES string of the molecule is C=Nn1cc([C@@H](NC(=O)c2c(CC)noc2C(C)C)C2CCC(F)(F)CC2)nc1/C=C(\C)[C@H](NC(=O)CCC(F)(F)F)C1CCC1. The summed E-state index contributed by atoms with van der Waals surface area (Å²) in [7, 11) is 0. The zero-order chi connectivity index (χ0) is 33.8. The number of rotatable bonds is 13. The normalized spacial score (nSPS) is 19.0. The van der Waals surface area contributed by atoms with E-state index in [1.54, 1.807) is 19.2 Å². The molecule has 2 heterocycles. The molecule has 0 saturated heterocycles. The molecule has 0 aromatic carbocycles. The fourth-order valence-corrected chi connectivity index (χ4v) is 6.19. The molecule has 2 aromatic heterocycles. The van der Waals surface area contributed by atoms with E-state index in [9.17, 15) is 31.5 Å². The van der Waals surface area contributed by atoms with Gasteiger partial charge in [-0.2, -0.15) is 18.3 Å². The van der Waals surface area contributed by atoms with E-state index in [1.165, 1.54) is 4.68 Å². The number of aryl methyl sites for hydroxylation is 1. The summed E-state index contributed by atoms with van der Waals surface area (Å²) in [5.74, 6) is -3.57. The first-order valence-electron chi connectivity index (χ1n) is 15.9. The van der Waals surface area contributed by atoms with Gasteiger partial charge in [0, 0.05) is 31.9 Å². The minimum Gasteiger partial charge on any atom is -0.360 e. The molecule has 254 valence electrons. The van der Waals surface area contributed by atoms with E-state index in [0.717, 1.165) is 19.3 Å². The zero-order valence-corrected chi connectivity index (χ0v) is 26.7. The highest BCUT2D eigenvalue weighted by molar-refractivity contribution is 5.96. The quantitative estimate of drug-likeness (QED) is 0.173. The number of carbonyl (C=O) groups excluding carboxylic acids is 2. The molecule has 0 spiro atoms. The highest BCUT2D eigenvalue weighted by Crippen LogP contribution is 2.42. The van der Waals surface area contributed by atoms with Crippen LogP contribution in [0.5, 0.6) is 0 Å². The molecule has 2 atom stereocenters. The van der Waals surface area contributed by atoms with Crippen LogP contribution in [0.3, 0.4) is 0 Å². The van der Waals surface area contributed by atoms with Gasteiger partial charge >= 0.3 is 6.18 Å². The van der Waals surface area contributed by atoms with Crippen LogP contribution in [0.2, 0.25) is 0 Å². The van der Waals surface area contributed by atoms with Crippen LogP contribution >= 0.6 is 0 Å². The van der Waals surface area contributed by atoms with Crippen LogP contribution in [-0.2, 0) is 11.2 Å². The lowest BCUT2D eigenvalue weighted by Crippen LogP contribution is -2.43. The molecule has 14 heteroatoms. The van der Waals surface area contributed by atoms with Crippen molar-refractivity contribution in [1.82, 2.24) is 25.5 Å². The molecule has 2 aliphatic rings. The van der Waals surface area contributed by atoms with Gasteiger partial charge in [0.1, 0.15) is 5.56 Å². The number of hydrogen-bond acceptors (Lipinski definition) is 6. The van der Waals surface area contributed by atoms with Crippen molar-refractivity contribution in [3.8, 4) is 0 Å². The summed E-state index contributed by atoms with van der Waals surface area (Å²) in [6.07, 6.45) is -0.329. The fourth-order valence-electron chi connectivity index (χ4n) is 6.19. The molecule has 9 nitrogen and oxygen atoms in total. The number of aromatic nitrogens is 3. The summed E-state index contributed by atoms with van der Waals surface area (Å²) in [4.78, 5) is 31.0. The molecule has 2 amide bonds. The third-order valence-corrected chi connectivity index (χ3v) is 9.02. The van der Waals surface area contributed by atoms with Crippen LogP contribution < -0.4 is 10.6 Å². The molecule has 2 aliphatic carbocycles. The Bertz CT molecular complexity index is 1420. The van der Waals surface area contributed by atoms with E-state index in [1.807, 2.05) is 20.8 Å². The Balaban J connectivity index is 1.65. The van der Waals surface area contributed by atoms with Gasteiger partial charge in [-0.25, -0.2) is 18.4 Å². The van der Waals surface area contributed by atoms with Crippen molar-refractivity contribution < 1.29 is 36.1 Å². The number of hydrogen-bond donors (Lipinski definition) is 2. The average molecular weight is 655 g/mol. The number of amides is 2. The molecule has 2 saturated carbocycles. The Morgan fingerprint density at radius 3 is 2.39 bits per heavy atom. The Hall–Kier alpha value is -3.58. The Kier molecular flexibility index (Phi) is 11.1. The lowest BCUT2D eigenvalue weighted by molar-refractivity contribution is -0.144. The van der Waals surface area contributed by atoms with Crippen molar-refractivity contribution in [3.63, 3.8) is 0 Å². The minimum absolute atomic E-state index is 0.0630. The highest BCUT2D eigenvalue weighted by Gasteiger charge is 2.40. The number of alkyl halides is 5. The van der Waals surface area contributed by atoms with E-state index in [4.69, 9.17) is 9.51 Å². The standard InChI is InChI=1S/C32H43F5N6O3/c1-6-22-26(29(18(2)3)46-42-22)30(45)41-28(21-10-13-31(33,34)14-11-21)23-17-43(38-5)24(39-23)16-19(4)27(20-8-7-9-20)40-25(44)12-15-32(35,36)37/h16-18,20-21,27-28H,5-15H2,1-4H3,(H,40,44)(H,41,45)/b19-16+/t27-,28-/m0/s1. The largest absolute Gasteiger partial charge is 0.389 e. The molecule has 2 N–H and O–H groups in total. The van der Waals surface area contributed by atoms with Gasteiger partial charge in [-0.15, -0.1) is 0 Å². The molecular weight excluding hydrogens is 611 g/mol. The monoisotopic (exact) mass is 654 g/mol. The first-order chi connectivity index (χ1) is 21.6. The van der Waals surface area contributed by atoms with Gasteiger partial charge in [-0.3, -0.25) is 9.59 Å². The first-order valence-corrected chi connectivity index (χ1v) is 15.9. The van der Waals surface area contributed by atoms with Gasteiger partial charge in [0.2, 0.25) is 11.8 Å². The van der Waals surface area contributed by atoms with E-state index >= 15 is 0 Å². The van der Waals surface area contributed by atoms with Crippen molar-refractivity contribution in [1.29, 1.82) is 0 Å². The van der Waals surface area contributed by atoms with Gasteiger partial charge in [0.25, 0.3) is 5.91 Å². The Morgan fingerprint density at radius 1 is 1.17 bits per heavy atom. The maximum atomic E-state index is 14.2. The molecule has 0 aliphatic heterocycles. The maximum Gasteiger partial charge on any atom is 0.389 e. The van der Waals surface area contributed by atoms with Crippen molar-refractivity contribution in [3.05, 3.63) is 40.3 Å². The third-order valence-electron chi connectivity index (χ3n) is 9.02. The lowest BCUT2D eigenvalue weighted by atomic mass is 9.77. The second-order valence-corrected chi connectivity index (χ2v) is 12.8. The Labute approximate surface area is 265 Å². The molecule has 4 rings (SSSR count). The maximum absolute atomic E-state index is 14.2. The summed E-state index contributed by atoms with van der Waals surface area (Å²) in [6, 6.07) is -1.25. The van der Waals surface area contributed by atoms with Gasteiger partial charge in [-0.05, 0) is 62.5 Å². The summed E-state index contributed by atoms with van der Waals surface area (Å²) < 4.78 is 73.4. The molecule has 46 heavy (non-hydrogen) atoms. The van der Waals surface area contributed by atoms with Gasteiger partial charge in [0.05, 0.1) is 36.1 Å². The van der Waals surface area contributed by atoms with E-state index in [0.29, 0.717) is 40.5 Å². The van der Waals surface area contributed by atoms with E-state index in [-0.39, 0.29) is 43.4 Å². The summed E-state index contributed by atoms with van der Waals surface area (Å²) >= 11 is 0. The average Bonchev–Trinajstić information content (AvgIpc) is 3.57. The van der Waals surface area contributed by atoms with E-state index in [2.05, 4.69) is 27.6 Å². The number of imidazole rings is 1. The molecule has 0 bridgehead atoms. The second kappa shape index (κ2) is 14.5. The smallest absolute Gasteiger partial charge is 0.360 e. The van der Waals surface area contributed by atoms with Crippen molar-refractivity contribution in [2.24, 2.45) is 16.9 Å². The third kappa shape index (κ3) is 8.61. The van der Waals surface area contributed by atoms with Crippen LogP contribution in [0.25, 0.3) is 6.08 Å². The first kappa shape index (κ1) is 35.3. The summed E-state index contributed by atoms with van der Waals surface area (Å²) in [5.41, 5.74) is 1.88. The van der Waals surface area contributed by atoms with Crippen LogP contribution in [0, 0.1) is 11.8 Å². The van der Waals surface area contributed by atoms with Crippen molar-refractivity contribution in [2.45, 2.75) is 122 Å². The van der Waals surface area contributed by atoms with Gasteiger partial charge in [0.15, 0.2) is 11.6 Å². The Morgan fingerprint density at radius 2 is 1.85 bits per heavy atom. The topological polar surface area (TPSA) is 114 Å². The number of carbonyl (C=O) groups is 2. The minimum atomic E-state index is -4.44. The molecular formula is C32H43F5N6O3. The van der Waals surface area contributed by atoms with Gasteiger partial charge in [-0.1, -0.05) is 32.3 Å². The van der Waals surface area contributed by atoms with Crippen LogP contribution in [0.4, 0.5) is 22.0 Å².